The molecule has 0 aliphatic carbocycles. The molecule has 0 aromatic carbocycles. The van der Waals surface area contributed by atoms with Crippen molar-refractivity contribution in [1.82, 2.24) is 16.0 Å². The van der Waals surface area contributed by atoms with E-state index >= 15 is 0 Å². The second kappa shape index (κ2) is 14.4. The molecule has 0 spiro atoms. The van der Waals surface area contributed by atoms with Gasteiger partial charge in [0.25, 0.3) is 0 Å². The smallest absolute Gasteiger partial charge is 0.326 e. The van der Waals surface area contributed by atoms with Gasteiger partial charge in [0.1, 0.15) is 18.1 Å². The molecular weight excluding hydrogens is 456 g/mol. The maximum atomic E-state index is 12.7. The number of primary amides is 2. The molecule has 0 aromatic rings. The zero-order valence-corrected chi connectivity index (χ0v) is 18.9. The molecule has 4 unspecified atom stereocenters. The molecule has 0 saturated carbocycles. The van der Waals surface area contributed by atoms with Crippen LogP contribution in [0.3, 0.4) is 0 Å². The van der Waals surface area contributed by atoms with Crippen LogP contribution in [-0.4, -0.2) is 75.9 Å². The van der Waals surface area contributed by atoms with E-state index in [0.717, 1.165) is 0 Å². The summed E-state index contributed by atoms with van der Waals surface area (Å²) in [6, 6.07) is -5.93. The summed E-state index contributed by atoms with van der Waals surface area (Å²) in [6.07, 6.45) is -2.12. The summed E-state index contributed by atoms with van der Waals surface area (Å²) < 4.78 is 0. The first-order valence-corrected chi connectivity index (χ1v) is 10.3. The molecule has 192 valence electrons. The quantitative estimate of drug-likeness (QED) is 0.106. The number of amides is 5. The highest BCUT2D eigenvalue weighted by Gasteiger charge is 2.32. The second-order valence-corrected chi connectivity index (χ2v) is 8.03. The summed E-state index contributed by atoms with van der Waals surface area (Å²) in [6.45, 7) is 3.61. The lowest BCUT2D eigenvalue weighted by atomic mass is 10.0. The second-order valence-electron chi connectivity index (χ2n) is 8.03. The Hall–Kier alpha value is -3.75. The highest BCUT2D eigenvalue weighted by atomic mass is 16.4. The van der Waals surface area contributed by atoms with E-state index < -0.39 is 84.9 Å². The number of nitrogens with one attached hydrogen (secondary N) is 3. The molecule has 4 atom stereocenters. The monoisotopic (exact) mass is 488 g/mol. The van der Waals surface area contributed by atoms with Crippen LogP contribution in [0, 0.1) is 5.92 Å². The first-order chi connectivity index (χ1) is 15.6. The molecule has 5 amide bonds. The number of carboxylic acid groups (broad SMARTS) is 2. The minimum atomic E-state index is -1.72. The van der Waals surface area contributed by atoms with Gasteiger partial charge in [-0.25, -0.2) is 4.79 Å². The standard InChI is InChI=1S/C19H32N6O9/c1-8(2)5-9(20)16(30)24-11(7-15(28)29)18(32)23-10(3-4-13(21)26)17(31)25-12(19(33)34)6-14(22)27/h8-12H,3-7,20H2,1-2H3,(H2,21,26)(H2,22,27)(H,23,32)(H,24,30)(H,25,31)(H,28,29)(H,33,34). The minimum Gasteiger partial charge on any atom is -0.481 e. The van der Waals surface area contributed by atoms with Crippen molar-refractivity contribution in [2.45, 2.75) is 70.1 Å². The van der Waals surface area contributed by atoms with Crippen LogP contribution in [-0.2, 0) is 33.6 Å². The number of nitrogens with two attached hydrogens (primary N) is 3. The SMILES string of the molecule is CC(C)CC(N)C(=O)NC(CC(=O)O)C(=O)NC(CCC(N)=O)C(=O)NC(CC(N)=O)C(=O)O. The van der Waals surface area contributed by atoms with Crippen molar-refractivity contribution < 1.29 is 43.8 Å². The molecule has 15 nitrogen and oxygen atoms in total. The van der Waals surface area contributed by atoms with Gasteiger partial charge in [-0.1, -0.05) is 13.8 Å². The summed E-state index contributed by atoms with van der Waals surface area (Å²) >= 11 is 0. The first-order valence-electron chi connectivity index (χ1n) is 10.3. The maximum Gasteiger partial charge on any atom is 0.326 e. The average molecular weight is 488 g/mol. The molecular formula is C19H32N6O9. The van der Waals surface area contributed by atoms with Gasteiger partial charge in [0.15, 0.2) is 0 Å². The molecule has 15 heteroatoms. The van der Waals surface area contributed by atoms with E-state index in [1.165, 1.54) is 0 Å². The predicted molar refractivity (Wildman–Crippen MR) is 115 cm³/mol. The third-order valence-corrected chi connectivity index (χ3v) is 4.41. The molecule has 0 rings (SSSR count). The maximum absolute atomic E-state index is 12.7. The van der Waals surface area contributed by atoms with Crippen LogP contribution in [0.25, 0.3) is 0 Å². The molecule has 11 N–H and O–H groups in total. The van der Waals surface area contributed by atoms with Crippen molar-refractivity contribution in [2.75, 3.05) is 0 Å². The van der Waals surface area contributed by atoms with Gasteiger partial charge in [-0.05, 0) is 18.8 Å². The zero-order valence-electron chi connectivity index (χ0n) is 18.9. The Morgan fingerprint density at radius 1 is 0.735 bits per heavy atom. The van der Waals surface area contributed by atoms with Crippen LogP contribution >= 0.6 is 0 Å². The summed E-state index contributed by atoms with van der Waals surface area (Å²) in [4.78, 5) is 82.2. The van der Waals surface area contributed by atoms with Gasteiger partial charge in [0.2, 0.25) is 29.5 Å². The minimum absolute atomic E-state index is 0.0389. The Bertz CT molecular complexity index is 801. The number of hydrogen-bond donors (Lipinski definition) is 8. The first kappa shape index (κ1) is 30.2. The van der Waals surface area contributed by atoms with Gasteiger partial charge in [0.05, 0.1) is 18.9 Å². The summed E-state index contributed by atoms with van der Waals surface area (Å²) in [5.74, 6) is -7.83. The van der Waals surface area contributed by atoms with Crippen LogP contribution in [0.15, 0.2) is 0 Å². The van der Waals surface area contributed by atoms with Gasteiger partial charge in [-0.15, -0.1) is 0 Å². The molecule has 0 saturated heterocycles. The summed E-state index contributed by atoms with van der Waals surface area (Å²) in [7, 11) is 0. The van der Waals surface area contributed by atoms with Crippen molar-refractivity contribution >= 4 is 41.5 Å². The molecule has 0 heterocycles. The topological polar surface area (TPSA) is 274 Å². The number of rotatable bonds is 16. The van der Waals surface area contributed by atoms with Gasteiger partial charge in [-0.3, -0.25) is 28.8 Å². The Morgan fingerprint density at radius 2 is 1.24 bits per heavy atom. The van der Waals surface area contributed by atoms with Gasteiger partial charge in [0, 0.05) is 6.42 Å². The Kier molecular flexibility index (Phi) is 12.8. The van der Waals surface area contributed by atoms with Crippen LogP contribution in [0.5, 0.6) is 0 Å². The molecule has 0 aliphatic heterocycles. The lowest BCUT2D eigenvalue weighted by Gasteiger charge is -2.24. The average Bonchev–Trinajstić information content (AvgIpc) is 2.68. The van der Waals surface area contributed by atoms with Gasteiger partial charge in [-0.2, -0.15) is 0 Å². The van der Waals surface area contributed by atoms with E-state index in [1.807, 2.05) is 5.32 Å². The van der Waals surface area contributed by atoms with E-state index in [9.17, 15) is 33.6 Å². The summed E-state index contributed by atoms with van der Waals surface area (Å²) in [5.41, 5.74) is 15.8. The van der Waals surface area contributed by atoms with Crippen LogP contribution in [0.1, 0.15) is 46.0 Å². The number of hydrogen-bond acceptors (Lipinski definition) is 8. The highest BCUT2D eigenvalue weighted by Crippen LogP contribution is 2.06. The van der Waals surface area contributed by atoms with E-state index in [2.05, 4.69) is 10.6 Å². The fourth-order valence-corrected chi connectivity index (χ4v) is 2.78. The Labute approximate surface area is 195 Å². The van der Waals surface area contributed by atoms with Crippen molar-refractivity contribution in [1.29, 1.82) is 0 Å². The molecule has 0 fully saturated rings. The van der Waals surface area contributed by atoms with Crippen molar-refractivity contribution in [3.63, 3.8) is 0 Å². The lowest BCUT2D eigenvalue weighted by molar-refractivity contribution is -0.144. The van der Waals surface area contributed by atoms with Gasteiger partial charge < -0.3 is 43.4 Å². The van der Waals surface area contributed by atoms with E-state index in [4.69, 9.17) is 27.4 Å². The Morgan fingerprint density at radius 3 is 1.68 bits per heavy atom. The number of carbonyl (C=O) groups is 7. The van der Waals surface area contributed by atoms with Crippen molar-refractivity contribution in [3.05, 3.63) is 0 Å². The summed E-state index contributed by atoms with van der Waals surface area (Å²) in [5, 5.41) is 24.6. The van der Waals surface area contributed by atoms with Crippen LogP contribution in [0.4, 0.5) is 0 Å². The molecule has 0 bridgehead atoms. The zero-order chi connectivity index (χ0) is 26.6. The van der Waals surface area contributed by atoms with Gasteiger partial charge >= 0.3 is 11.9 Å². The normalized spacial score (nSPS) is 14.2. The number of carboxylic acids is 2. The lowest BCUT2D eigenvalue weighted by Crippen LogP contribution is -2.57. The molecule has 0 aromatic heterocycles. The molecule has 0 radical (unpaired) electrons. The van der Waals surface area contributed by atoms with Crippen LogP contribution < -0.4 is 33.2 Å². The Balaban J connectivity index is 5.61. The highest BCUT2D eigenvalue weighted by molar-refractivity contribution is 5.96. The fourth-order valence-electron chi connectivity index (χ4n) is 2.78. The predicted octanol–water partition coefficient (Wildman–Crippen LogP) is -3.49. The molecule has 34 heavy (non-hydrogen) atoms. The van der Waals surface area contributed by atoms with E-state index in [-0.39, 0.29) is 18.8 Å². The number of carbonyl (C=O) groups excluding carboxylic acids is 5. The third-order valence-electron chi connectivity index (χ3n) is 4.41. The van der Waals surface area contributed by atoms with Crippen molar-refractivity contribution in [3.8, 4) is 0 Å². The number of aliphatic carboxylic acids is 2. The fraction of sp³-hybridized carbons (Fsp3) is 0.632. The van der Waals surface area contributed by atoms with E-state index in [0.29, 0.717) is 0 Å². The van der Waals surface area contributed by atoms with Crippen LogP contribution in [0.2, 0.25) is 0 Å². The van der Waals surface area contributed by atoms with E-state index in [1.54, 1.807) is 13.8 Å². The third kappa shape index (κ3) is 12.3. The van der Waals surface area contributed by atoms with Crippen molar-refractivity contribution in [2.24, 2.45) is 23.1 Å². The largest absolute Gasteiger partial charge is 0.481 e. The molecule has 0 aliphatic rings.